The summed E-state index contributed by atoms with van der Waals surface area (Å²) < 4.78 is 47.2. The third kappa shape index (κ3) is 5.75. The quantitative estimate of drug-likeness (QED) is 0.510. The maximum absolute atomic E-state index is 12.2. The fourth-order valence-electron chi connectivity index (χ4n) is 2.52. The Balaban J connectivity index is 1.63. The van der Waals surface area contributed by atoms with E-state index in [0.29, 0.717) is 16.9 Å². The fraction of sp³-hybridized carbons (Fsp3) is 0.263. The van der Waals surface area contributed by atoms with E-state index in [9.17, 15) is 13.2 Å². The number of rotatable bonds is 6. The molecular formula is C19H17F3N2O2S. The molecule has 0 N–H and O–H groups in total. The number of halogens is 3. The van der Waals surface area contributed by atoms with Crippen molar-refractivity contribution in [1.29, 1.82) is 0 Å². The van der Waals surface area contributed by atoms with Crippen LogP contribution in [0.1, 0.15) is 16.7 Å². The van der Waals surface area contributed by atoms with Crippen LogP contribution in [-0.2, 0) is 5.75 Å². The Labute approximate surface area is 158 Å². The van der Waals surface area contributed by atoms with Crippen molar-refractivity contribution in [2.24, 2.45) is 0 Å². The molecule has 0 saturated carbocycles. The van der Waals surface area contributed by atoms with Gasteiger partial charge in [0.15, 0.2) is 6.61 Å². The van der Waals surface area contributed by atoms with Gasteiger partial charge in [0.2, 0.25) is 5.89 Å². The van der Waals surface area contributed by atoms with Gasteiger partial charge in [-0.15, -0.1) is 10.2 Å². The molecule has 0 atom stereocenters. The third-order valence-corrected chi connectivity index (χ3v) is 4.43. The average Bonchev–Trinajstić information content (AvgIpc) is 3.06. The molecule has 0 aliphatic heterocycles. The zero-order valence-corrected chi connectivity index (χ0v) is 15.5. The van der Waals surface area contributed by atoms with Gasteiger partial charge in [-0.25, -0.2) is 0 Å². The summed E-state index contributed by atoms with van der Waals surface area (Å²) >= 11 is 1.31. The van der Waals surface area contributed by atoms with Crippen LogP contribution in [0.3, 0.4) is 0 Å². The minimum atomic E-state index is -4.36. The molecule has 0 spiro atoms. The largest absolute Gasteiger partial charge is 0.484 e. The molecule has 1 aromatic heterocycles. The Morgan fingerprint density at radius 1 is 1.04 bits per heavy atom. The summed E-state index contributed by atoms with van der Waals surface area (Å²) in [6, 6.07) is 12.5. The molecule has 142 valence electrons. The third-order valence-electron chi connectivity index (χ3n) is 3.54. The van der Waals surface area contributed by atoms with Crippen LogP contribution >= 0.6 is 11.8 Å². The van der Waals surface area contributed by atoms with Gasteiger partial charge in [-0.3, -0.25) is 0 Å². The highest BCUT2D eigenvalue weighted by Crippen LogP contribution is 2.28. The summed E-state index contributed by atoms with van der Waals surface area (Å²) in [4.78, 5) is 0. The molecule has 27 heavy (non-hydrogen) atoms. The minimum absolute atomic E-state index is 0.173. The summed E-state index contributed by atoms with van der Waals surface area (Å²) in [5, 5.41) is 8.49. The first-order valence-corrected chi connectivity index (χ1v) is 9.10. The molecule has 0 aliphatic carbocycles. The molecule has 1 heterocycles. The van der Waals surface area contributed by atoms with Gasteiger partial charge in [0.1, 0.15) is 5.75 Å². The number of hydrogen-bond acceptors (Lipinski definition) is 5. The molecule has 2 aromatic carbocycles. The molecule has 0 bridgehead atoms. The SMILES string of the molecule is Cc1cc(C)cc(-c2nnc(SCc3cccc(OCC(F)(F)F)c3)o2)c1. The van der Waals surface area contributed by atoms with Crippen molar-refractivity contribution >= 4 is 11.8 Å². The van der Waals surface area contributed by atoms with E-state index >= 15 is 0 Å². The standard InChI is InChI=1S/C19H17F3N2O2S/c1-12-6-13(2)8-15(7-12)17-23-24-18(26-17)27-10-14-4-3-5-16(9-14)25-11-19(20,21)22/h3-9H,10-11H2,1-2H3. The predicted molar refractivity (Wildman–Crippen MR) is 96.8 cm³/mol. The van der Waals surface area contributed by atoms with Crippen molar-refractivity contribution in [2.75, 3.05) is 6.61 Å². The first kappa shape index (κ1) is 19.3. The van der Waals surface area contributed by atoms with Crippen LogP contribution in [0.2, 0.25) is 0 Å². The molecular weight excluding hydrogens is 377 g/mol. The van der Waals surface area contributed by atoms with Gasteiger partial charge in [0.05, 0.1) is 0 Å². The van der Waals surface area contributed by atoms with E-state index in [1.807, 2.05) is 26.0 Å². The summed E-state index contributed by atoms with van der Waals surface area (Å²) in [6.45, 7) is 2.68. The van der Waals surface area contributed by atoms with Crippen molar-refractivity contribution in [1.82, 2.24) is 10.2 Å². The van der Waals surface area contributed by atoms with E-state index in [2.05, 4.69) is 16.3 Å². The van der Waals surface area contributed by atoms with Crippen LogP contribution in [0.25, 0.3) is 11.5 Å². The van der Waals surface area contributed by atoms with E-state index in [1.54, 1.807) is 18.2 Å². The smallest absolute Gasteiger partial charge is 0.422 e. The topological polar surface area (TPSA) is 48.2 Å². The molecule has 0 fully saturated rings. The monoisotopic (exact) mass is 394 g/mol. The molecule has 8 heteroatoms. The van der Waals surface area contributed by atoms with E-state index in [0.717, 1.165) is 22.3 Å². The van der Waals surface area contributed by atoms with Gasteiger partial charge in [-0.05, 0) is 43.7 Å². The number of hydrogen-bond donors (Lipinski definition) is 0. The summed E-state index contributed by atoms with van der Waals surface area (Å²) in [5.41, 5.74) is 3.86. The van der Waals surface area contributed by atoms with Crippen molar-refractivity contribution in [3.63, 3.8) is 0 Å². The number of benzene rings is 2. The Morgan fingerprint density at radius 3 is 2.48 bits per heavy atom. The Hall–Kier alpha value is -2.48. The van der Waals surface area contributed by atoms with Gasteiger partial charge in [0.25, 0.3) is 5.22 Å². The summed E-state index contributed by atoms with van der Waals surface area (Å²) in [7, 11) is 0. The van der Waals surface area contributed by atoms with Crippen LogP contribution in [0.5, 0.6) is 5.75 Å². The maximum Gasteiger partial charge on any atom is 0.422 e. The van der Waals surface area contributed by atoms with Gasteiger partial charge < -0.3 is 9.15 Å². The Morgan fingerprint density at radius 2 is 1.78 bits per heavy atom. The lowest BCUT2D eigenvalue weighted by molar-refractivity contribution is -0.153. The highest BCUT2D eigenvalue weighted by molar-refractivity contribution is 7.98. The maximum atomic E-state index is 12.2. The first-order valence-electron chi connectivity index (χ1n) is 8.12. The van der Waals surface area contributed by atoms with Gasteiger partial charge >= 0.3 is 6.18 Å². The molecule has 4 nitrogen and oxygen atoms in total. The molecule has 0 unspecified atom stereocenters. The first-order chi connectivity index (χ1) is 12.8. The molecule has 0 amide bonds. The van der Waals surface area contributed by atoms with Crippen LogP contribution in [0.15, 0.2) is 52.1 Å². The second-order valence-corrected chi connectivity index (χ2v) is 7.02. The summed E-state index contributed by atoms with van der Waals surface area (Å²) in [6.07, 6.45) is -4.36. The number of nitrogens with zero attached hydrogens (tertiary/aromatic N) is 2. The number of aryl methyl sites for hydroxylation is 2. The van der Waals surface area contributed by atoms with Crippen LogP contribution in [-0.4, -0.2) is 23.0 Å². The van der Waals surface area contributed by atoms with E-state index in [1.165, 1.54) is 17.8 Å². The number of alkyl halides is 3. The van der Waals surface area contributed by atoms with Crippen LogP contribution in [0, 0.1) is 13.8 Å². The lowest BCUT2D eigenvalue weighted by atomic mass is 10.1. The van der Waals surface area contributed by atoms with Crippen molar-refractivity contribution in [2.45, 2.75) is 31.0 Å². The van der Waals surface area contributed by atoms with E-state index < -0.39 is 12.8 Å². The molecule has 3 rings (SSSR count). The fourth-order valence-corrected chi connectivity index (χ4v) is 3.22. The van der Waals surface area contributed by atoms with E-state index in [-0.39, 0.29) is 5.75 Å². The number of ether oxygens (including phenoxy) is 1. The minimum Gasteiger partial charge on any atom is -0.484 e. The van der Waals surface area contributed by atoms with Gasteiger partial charge in [-0.1, -0.05) is 41.1 Å². The zero-order valence-electron chi connectivity index (χ0n) is 14.7. The summed E-state index contributed by atoms with van der Waals surface area (Å²) in [5.74, 6) is 1.08. The molecule has 0 radical (unpaired) electrons. The van der Waals surface area contributed by atoms with Gasteiger partial charge in [-0.2, -0.15) is 13.2 Å². The van der Waals surface area contributed by atoms with Gasteiger partial charge in [0, 0.05) is 11.3 Å². The number of thioether (sulfide) groups is 1. The lowest BCUT2D eigenvalue weighted by Crippen LogP contribution is -2.19. The zero-order chi connectivity index (χ0) is 19.4. The van der Waals surface area contributed by atoms with Crippen LogP contribution < -0.4 is 4.74 Å². The molecule has 0 saturated heterocycles. The highest BCUT2D eigenvalue weighted by atomic mass is 32.2. The average molecular weight is 394 g/mol. The number of aromatic nitrogens is 2. The normalized spacial score (nSPS) is 11.6. The Kier molecular flexibility index (Phi) is 5.74. The molecule has 3 aromatic rings. The second kappa shape index (κ2) is 8.04. The van der Waals surface area contributed by atoms with Crippen LogP contribution in [0.4, 0.5) is 13.2 Å². The Bertz CT molecular complexity index is 905. The second-order valence-electron chi connectivity index (χ2n) is 6.09. The lowest BCUT2D eigenvalue weighted by Gasteiger charge is -2.09. The highest BCUT2D eigenvalue weighted by Gasteiger charge is 2.28. The van der Waals surface area contributed by atoms with E-state index in [4.69, 9.17) is 9.15 Å². The van der Waals surface area contributed by atoms with Crippen molar-refractivity contribution in [3.05, 3.63) is 59.2 Å². The van der Waals surface area contributed by atoms with Crippen molar-refractivity contribution < 1.29 is 22.3 Å². The van der Waals surface area contributed by atoms with Crippen molar-refractivity contribution in [3.8, 4) is 17.2 Å². The molecule has 0 aliphatic rings. The predicted octanol–water partition coefficient (Wildman–Crippen LogP) is 5.59.